The number of benzene rings is 2. The number of fused-ring (bicyclic) bond motifs is 1. The normalized spacial score (nSPS) is 10.9. The van der Waals surface area contributed by atoms with Crippen molar-refractivity contribution in [1.82, 2.24) is 4.98 Å². The van der Waals surface area contributed by atoms with Crippen molar-refractivity contribution < 1.29 is 4.79 Å². The van der Waals surface area contributed by atoms with E-state index in [2.05, 4.69) is 20.9 Å². The maximum atomic E-state index is 12.3. The summed E-state index contributed by atoms with van der Waals surface area (Å²) in [6, 6.07) is 13.9. The number of carbonyl (C=O) groups is 1. The molecule has 0 saturated carbocycles. The number of halogens is 1. The van der Waals surface area contributed by atoms with Gasteiger partial charge in [-0.25, -0.2) is 4.98 Å². The maximum Gasteiger partial charge on any atom is 0.195 e. The molecule has 0 spiro atoms. The third kappa shape index (κ3) is 2.67. The van der Waals surface area contributed by atoms with E-state index in [1.807, 2.05) is 49.4 Å². The Labute approximate surface area is 129 Å². The van der Waals surface area contributed by atoms with Crippen molar-refractivity contribution in [3.05, 3.63) is 63.1 Å². The largest absolute Gasteiger partial charge is 0.291 e. The Morgan fingerprint density at radius 2 is 2.05 bits per heavy atom. The van der Waals surface area contributed by atoms with Crippen molar-refractivity contribution in [3.63, 3.8) is 0 Å². The summed E-state index contributed by atoms with van der Waals surface area (Å²) in [7, 11) is 0. The number of hydrogen-bond donors (Lipinski definition) is 0. The fourth-order valence-corrected chi connectivity index (χ4v) is 3.57. The van der Waals surface area contributed by atoms with Gasteiger partial charge in [-0.2, -0.15) is 0 Å². The predicted octanol–water partition coefficient (Wildman–Crippen LogP) is 4.79. The minimum absolute atomic E-state index is 0.0655. The van der Waals surface area contributed by atoms with Crippen LogP contribution in [0.15, 0.2) is 46.9 Å². The minimum Gasteiger partial charge on any atom is -0.291 e. The van der Waals surface area contributed by atoms with Crippen LogP contribution in [0.25, 0.3) is 10.2 Å². The molecule has 0 unspecified atom stereocenters. The van der Waals surface area contributed by atoms with Crippen LogP contribution in [0, 0.1) is 6.92 Å². The first-order valence-electron chi connectivity index (χ1n) is 6.27. The first-order valence-corrected chi connectivity index (χ1v) is 7.88. The van der Waals surface area contributed by atoms with Crippen LogP contribution < -0.4 is 0 Å². The number of Topliss-reactive ketones (excluding diaryl/α,β-unsaturated/α-hetero) is 1. The van der Waals surface area contributed by atoms with E-state index >= 15 is 0 Å². The number of para-hydroxylation sites is 1. The van der Waals surface area contributed by atoms with Crippen LogP contribution in [0.3, 0.4) is 0 Å². The number of nitrogens with zero attached hydrogens (tertiary/aromatic N) is 1. The topological polar surface area (TPSA) is 30.0 Å². The van der Waals surface area contributed by atoms with E-state index in [9.17, 15) is 4.79 Å². The summed E-state index contributed by atoms with van der Waals surface area (Å²) >= 11 is 4.97. The van der Waals surface area contributed by atoms with E-state index in [1.165, 1.54) is 16.9 Å². The molecule has 0 aliphatic rings. The number of hydrogen-bond acceptors (Lipinski definition) is 3. The van der Waals surface area contributed by atoms with Gasteiger partial charge in [0.05, 0.1) is 10.2 Å². The Kier molecular flexibility index (Phi) is 3.68. The summed E-state index contributed by atoms with van der Waals surface area (Å²) in [5.74, 6) is 0.0655. The lowest BCUT2D eigenvalue weighted by atomic mass is 10.1. The highest BCUT2D eigenvalue weighted by Crippen LogP contribution is 2.24. The monoisotopic (exact) mass is 345 g/mol. The molecule has 0 fully saturated rings. The first kappa shape index (κ1) is 13.5. The highest BCUT2D eigenvalue weighted by atomic mass is 79.9. The molecule has 0 N–H and O–H groups in total. The molecule has 2 aromatic carbocycles. The lowest BCUT2D eigenvalue weighted by Crippen LogP contribution is -2.03. The van der Waals surface area contributed by atoms with Gasteiger partial charge in [-0.1, -0.05) is 40.2 Å². The van der Waals surface area contributed by atoms with Gasteiger partial charge in [0.15, 0.2) is 10.8 Å². The molecule has 1 heterocycles. The summed E-state index contributed by atoms with van der Waals surface area (Å²) in [5.41, 5.74) is 3.07. The highest BCUT2D eigenvalue weighted by molar-refractivity contribution is 9.10. The molecule has 1 aromatic heterocycles. The second-order valence-corrected chi connectivity index (χ2v) is 6.57. The second kappa shape index (κ2) is 5.46. The molecule has 0 aliphatic carbocycles. The van der Waals surface area contributed by atoms with Crippen LogP contribution >= 0.6 is 27.3 Å². The minimum atomic E-state index is 0.0655. The Morgan fingerprint density at radius 1 is 1.25 bits per heavy atom. The summed E-state index contributed by atoms with van der Waals surface area (Å²) < 4.78 is 2.03. The van der Waals surface area contributed by atoms with Gasteiger partial charge in [0.25, 0.3) is 0 Å². The molecule has 20 heavy (non-hydrogen) atoms. The number of aryl methyl sites for hydroxylation is 1. The summed E-state index contributed by atoms with van der Waals surface area (Å²) in [4.78, 5) is 16.8. The Bertz CT molecular complexity index is 761. The van der Waals surface area contributed by atoms with Crippen LogP contribution in [0.4, 0.5) is 0 Å². The average molecular weight is 346 g/mol. The molecule has 4 heteroatoms. The van der Waals surface area contributed by atoms with E-state index in [0.29, 0.717) is 11.4 Å². The van der Waals surface area contributed by atoms with E-state index in [4.69, 9.17) is 0 Å². The molecule has 0 bridgehead atoms. The molecular formula is C16H12BrNOS. The van der Waals surface area contributed by atoms with Crippen molar-refractivity contribution in [1.29, 1.82) is 0 Å². The third-order valence-electron chi connectivity index (χ3n) is 3.09. The summed E-state index contributed by atoms with van der Waals surface area (Å²) in [5, 5.41) is 0.582. The van der Waals surface area contributed by atoms with Gasteiger partial charge in [-0.3, -0.25) is 4.79 Å². The number of carbonyl (C=O) groups excluding carboxylic acids is 1. The third-order valence-corrected chi connectivity index (χ3v) is 4.91. The standard InChI is InChI=1S/C16H12BrNOS/c1-10-6-7-11(12(17)8-10)9-14(19)16-18-13-4-2-3-5-15(13)20-16/h2-8H,9H2,1H3. The molecule has 0 atom stereocenters. The molecule has 0 amide bonds. The number of ketones is 1. The molecular weight excluding hydrogens is 334 g/mol. The number of thiazole rings is 1. The van der Waals surface area contributed by atoms with Gasteiger partial charge < -0.3 is 0 Å². The molecule has 100 valence electrons. The summed E-state index contributed by atoms with van der Waals surface area (Å²) in [6.07, 6.45) is 0.376. The van der Waals surface area contributed by atoms with E-state index < -0.39 is 0 Å². The van der Waals surface area contributed by atoms with Gasteiger partial charge in [0.2, 0.25) is 0 Å². The van der Waals surface area contributed by atoms with Crippen LogP contribution in [0.1, 0.15) is 20.9 Å². The fourth-order valence-electron chi connectivity index (χ4n) is 2.04. The maximum absolute atomic E-state index is 12.3. The van der Waals surface area contributed by atoms with E-state index in [-0.39, 0.29) is 5.78 Å². The van der Waals surface area contributed by atoms with Crippen molar-refractivity contribution >= 4 is 43.3 Å². The zero-order chi connectivity index (χ0) is 14.1. The average Bonchev–Trinajstić information content (AvgIpc) is 2.86. The fraction of sp³-hybridized carbons (Fsp3) is 0.125. The Morgan fingerprint density at radius 3 is 2.80 bits per heavy atom. The Hall–Kier alpha value is -1.52. The van der Waals surface area contributed by atoms with E-state index in [1.54, 1.807) is 0 Å². The first-order chi connectivity index (χ1) is 9.63. The molecule has 3 rings (SSSR count). The lowest BCUT2D eigenvalue weighted by molar-refractivity contribution is 0.0992. The van der Waals surface area contributed by atoms with Crippen molar-refractivity contribution in [3.8, 4) is 0 Å². The van der Waals surface area contributed by atoms with Gasteiger partial charge in [0, 0.05) is 10.9 Å². The quantitative estimate of drug-likeness (QED) is 0.638. The van der Waals surface area contributed by atoms with Crippen LogP contribution in [-0.4, -0.2) is 10.8 Å². The van der Waals surface area contributed by atoms with Crippen molar-refractivity contribution in [2.24, 2.45) is 0 Å². The van der Waals surface area contributed by atoms with Crippen LogP contribution in [0.5, 0.6) is 0 Å². The highest BCUT2D eigenvalue weighted by Gasteiger charge is 2.14. The molecule has 0 radical (unpaired) electrons. The second-order valence-electron chi connectivity index (χ2n) is 4.68. The number of rotatable bonds is 3. The molecule has 2 nitrogen and oxygen atoms in total. The van der Waals surface area contributed by atoms with Gasteiger partial charge in [-0.05, 0) is 36.2 Å². The van der Waals surface area contributed by atoms with Crippen molar-refractivity contribution in [2.45, 2.75) is 13.3 Å². The molecule has 0 saturated heterocycles. The number of aromatic nitrogens is 1. The van der Waals surface area contributed by atoms with Gasteiger partial charge in [-0.15, -0.1) is 11.3 Å². The van der Waals surface area contributed by atoms with Crippen LogP contribution in [0.2, 0.25) is 0 Å². The smallest absolute Gasteiger partial charge is 0.195 e. The van der Waals surface area contributed by atoms with Gasteiger partial charge >= 0.3 is 0 Å². The SMILES string of the molecule is Cc1ccc(CC(=O)c2nc3ccccc3s2)c(Br)c1. The molecule has 0 aliphatic heterocycles. The van der Waals surface area contributed by atoms with Crippen LogP contribution in [-0.2, 0) is 6.42 Å². The van der Waals surface area contributed by atoms with Crippen molar-refractivity contribution in [2.75, 3.05) is 0 Å². The zero-order valence-corrected chi connectivity index (χ0v) is 13.3. The predicted molar refractivity (Wildman–Crippen MR) is 86.5 cm³/mol. The lowest BCUT2D eigenvalue weighted by Gasteiger charge is -2.03. The molecule has 3 aromatic rings. The van der Waals surface area contributed by atoms with Gasteiger partial charge in [0.1, 0.15) is 0 Å². The summed E-state index contributed by atoms with van der Waals surface area (Å²) in [6.45, 7) is 2.03. The Balaban J connectivity index is 1.89. The zero-order valence-electron chi connectivity index (χ0n) is 10.9. The van der Waals surface area contributed by atoms with E-state index in [0.717, 1.165) is 20.3 Å².